The lowest BCUT2D eigenvalue weighted by molar-refractivity contribution is 0.1000. The molecule has 152 valence electrons. The number of hydrogen-bond acceptors (Lipinski definition) is 5. The summed E-state index contributed by atoms with van der Waals surface area (Å²) in [7, 11) is 1.66. The Kier molecular flexibility index (Phi) is 7.27. The quantitative estimate of drug-likeness (QED) is 0.536. The maximum absolute atomic E-state index is 11.4. The highest BCUT2D eigenvalue weighted by molar-refractivity contribution is 7.09. The van der Waals surface area contributed by atoms with Crippen molar-refractivity contribution in [1.82, 2.24) is 4.90 Å². The van der Waals surface area contributed by atoms with E-state index < -0.39 is 5.91 Å². The fourth-order valence-electron chi connectivity index (χ4n) is 3.09. The number of ether oxygens (including phenoxy) is 2. The molecule has 0 aliphatic heterocycles. The summed E-state index contributed by atoms with van der Waals surface area (Å²) < 4.78 is 11.5. The van der Waals surface area contributed by atoms with Crippen LogP contribution in [-0.4, -0.2) is 24.5 Å². The third kappa shape index (κ3) is 5.82. The molecule has 0 saturated carbocycles. The Morgan fingerprint density at radius 3 is 2.48 bits per heavy atom. The molecule has 2 aromatic carbocycles. The van der Waals surface area contributed by atoms with Crippen LogP contribution in [-0.2, 0) is 19.7 Å². The Morgan fingerprint density at radius 1 is 1.03 bits per heavy atom. The molecule has 29 heavy (non-hydrogen) atoms. The van der Waals surface area contributed by atoms with E-state index in [0.29, 0.717) is 12.2 Å². The average Bonchev–Trinajstić information content (AvgIpc) is 3.26. The average molecular weight is 411 g/mol. The predicted molar refractivity (Wildman–Crippen MR) is 116 cm³/mol. The van der Waals surface area contributed by atoms with Gasteiger partial charge < -0.3 is 15.2 Å². The highest BCUT2D eigenvalue weighted by Gasteiger charge is 2.11. The molecule has 0 bridgehead atoms. The maximum atomic E-state index is 11.4. The topological polar surface area (TPSA) is 64.8 Å². The molecule has 1 amide bonds. The first kappa shape index (κ1) is 20.9. The molecule has 2 N–H and O–H groups in total. The van der Waals surface area contributed by atoms with E-state index in [-0.39, 0.29) is 0 Å². The van der Waals surface area contributed by atoms with Gasteiger partial charge in [0.25, 0.3) is 0 Å². The minimum atomic E-state index is -0.405. The third-order valence-corrected chi connectivity index (χ3v) is 5.50. The second kappa shape index (κ2) is 10.1. The third-order valence-electron chi connectivity index (χ3n) is 4.65. The number of nitrogens with zero attached hydrogens (tertiary/aromatic N) is 1. The lowest BCUT2D eigenvalue weighted by Crippen LogP contribution is -2.22. The fraction of sp³-hybridized carbons (Fsp3) is 0.261. The number of rotatable bonds is 10. The molecule has 0 aliphatic carbocycles. The van der Waals surface area contributed by atoms with Crippen LogP contribution in [0.3, 0.4) is 0 Å². The van der Waals surface area contributed by atoms with E-state index in [2.05, 4.69) is 24.0 Å². The van der Waals surface area contributed by atoms with E-state index in [1.807, 2.05) is 41.8 Å². The molecule has 0 saturated heterocycles. The summed E-state index contributed by atoms with van der Waals surface area (Å²) >= 11 is 1.67. The van der Waals surface area contributed by atoms with Crippen molar-refractivity contribution in [2.45, 2.75) is 26.6 Å². The van der Waals surface area contributed by atoms with Gasteiger partial charge in [-0.25, -0.2) is 0 Å². The number of primary amides is 1. The molecule has 0 spiro atoms. The van der Waals surface area contributed by atoms with Gasteiger partial charge in [-0.05, 0) is 53.4 Å². The Labute approximate surface area is 175 Å². The second-order valence-corrected chi connectivity index (χ2v) is 7.75. The largest absolute Gasteiger partial charge is 0.493 e. The smallest absolute Gasteiger partial charge is 0.248 e. The molecular weight excluding hydrogens is 384 g/mol. The Hall–Kier alpha value is -2.83. The summed E-state index contributed by atoms with van der Waals surface area (Å²) in [6.07, 6.45) is 0. The van der Waals surface area contributed by atoms with Crippen LogP contribution in [0.4, 0.5) is 0 Å². The van der Waals surface area contributed by atoms with Crippen molar-refractivity contribution in [3.63, 3.8) is 0 Å². The Bertz CT molecular complexity index is 941. The SMILES string of the molecule is CCN(Cc1cccc(C(N)=O)c1)Cc1ccc(OCc2cccs2)c(OC)c1. The minimum absolute atomic E-state index is 0.405. The van der Waals surface area contributed by atoms with Crippen LogP contribution in [0.1, 0.15) is 33.3 Å². The zero-order valence-corrected chi connectivity index (χ0v) is 17.6. The van der Waals surface area contributed by atoms with Gasteiger partial charge >= 0.3 is 0 Å². The van der Waals surface area contributed by atoms with Gasteiger partial charge in [0.05, 0.1) is 7.11 Å². The number of carbonyl (C=O) groups is 1. The first-order valence-corrected chi connectivity index (χ1v) is 10.4. The van der Waals surface area contributed by atoms with Crippen molar-refractivity contribution >= 4 is 17.2 Å². The molecule has 1 aromatic heterocycles. The van der Waals surface area contributed by atoms with Gasteiger partial charge in [-0.1, -0.05) is 31.2 Å². The number of hydrogen-bond donors (Lipinski definition) is 1. The highest BCUT2D eigenvalue weighted by Crippen LogP contribution is 2.30. The Morgan fingerprint density at radius 2 is 1.83 bits per heavy atom. The van der Waals surface area contributed by atoms with Crippen LogP contribution in [0.25, 0.3) is 0 Å². The van der Waals surface area contributed by atoms with Gasteiger partial charge in [0.1, 0.15) is 6.61 Å². The molecule has 0 unspecified atom stereocenters. The zero-order chi connectivity index (χ0) is 20.6. The molecular formula is C23H26N2O3S. The van der Waals surface area contributed by atoms with Gasteiger partial charge in [-0.2, -0.15) is 0 Å². The molecule has 3 rings (SSSR count). The molecule has 0 radical (unpaired) electrons. The van der Waals surface area contributed by atoms with Crippen LogP contribution in [0, 0.1) is 0 Å². The van der Waals surface area contributed by atoms with Crippen molar-refractivity contribution < 1.29 is 14.3 Å². The van der Waals surface area contributed by atoms with Gasteiger partial charge in [-0.15, -0.1) is 11.3 Å². The van der Waals surface area contributed by atoms with Crippen LogP contribution in [0.2, 0.25) is 0 Å². The normalized spacial score (nSPS) is 10.9. The number of methoxy groups -OCH3 is 1. The van der Waals surface area contributed by atoms with Crippen molar-refractivity contribution in [1.29, 1.82) is 0 Å². The molecule has 3 aromatic rings. The highest BCUT2D eigenvalue weighted by atomic mass is 32.1. The minimum Gasteiger partial charge on any atom is -0.493 e. The molecule has 0 atom stereocenters. The molecule has 6 heteroatoms. The number of thiophene rings is 1. The summed E-state index contributed by atoms with van der Waals surface area (Å²) in [6.45, 7) is 5.02. The van der Waals surface area contributed by atoms with Gasteiger partial charge in [0.2, 0.25) is 5.91 Å². The van der Waals surface area contributed by atoms with E-state index >= 15 is 0 Å². The molecule has 1 heterocycles. The lowest BCUT2D eigenvalue weighted by Gasteiger charge is -2.21. The standard InChI is InChI=1S/C23H26N2O3S/c1-3-25(14-17-6-4-7-19(12-17)23(24)26)15-18-9-10-21(22(13-18)27-2)28-16-20-8-5-11-29-20/h4-13H,3,14-16H2,1-2H3,(H2,24,26). The first-order valence-electron chi connectivity index (χ1n) is 9.52. The van der Waals surface area contributed by atoms with Gasteiger partial charge in [0, 0.05) is 23.5 Å². The fourth-order valence-corrected chi connectivity index (χ4v) is 3.71. The predicted octanol–water partition coefficient (Wildman–Crippen LogP) is 4.46. The van der Waals surface area contributed by atoms with Crippen LogP contribution >= 0.6 is 11.3 Å². The number of benzene rings is 2. The zero-order valence-electron chi connectivity index (χ0n) is 16.8. The maximum Gasteiger partial charge on any atom is 0.248 e. The summed E-state index contributed by atoms with van der Waals surface area (Å²) in [5.41, 5.74) is 8.13. The number of amides is 1. The summed E-state index contributed by atoms with van der Waals surface area (Å²) in [5, 5.41) is 2.04. The first-order chi connectivity index (χ1) is 14.1. The van der Waals surface area contributed by atoms with Crippen molar-refractivity contribution in [3.8, 4) is 11.5 Å². The number of nitrogens with two attached hydrogens (primary N) is 1. The van der Waals surface area contributed by atoms with Crippen LogP contribution in [0.15, 0.2) is 60.0 Å². The molecule has 0 fully saturated rings. The van der Waals surface area contributed by atoms with E-state index in [0.717, 1.165) is 42.3 Å². The summed E-state index contributed by atoms with van der Waals surface area (Å²) in [4.78, 5) is 14.9. The number of carbonyl (C=O) groups excluding carboxylic acids is 1. The molecule has 0 aliphatic rings. The lowest BCUT2D eigenvalue weighted by atomic mass is 10.1. The monoisotopic (exact) mass is 410 g/mol. The van der Waals surface area contributed by atoms with Crippen molar-refractivity contribution in [2.24, 2.45) is 5.73 Å². The summed E-state index contributed by atoms with van der Waals surface area (Å²) in [6, 6.07) is 17.6. The van der Waals surface area contributed by atoms with Crippen LogP contribution < -0.4 is 15.2 Å². The van der Waals surface area contributed by atoms with Gasteiger partial charge in [-0.3, -0.25) is 9.69 Å². The van der Waals surface area contributed by atoms with Crippen LogP contribution in [0.5, 0.6) is 11.5 Å². The second-order valence-electron chi connectivity index (χ2n) is 6.72. The Balaban J connectivity index is 1.67. The van der Waals surface area contributed by atoms with Crippen molar-refractivity contribution in [3.05, 3.63) is 81.5 Å². The summed E-state index contributed by atoms with van der Waals surface area (Å²) in [5.74, 6) is 1.06. The van der Waals surface area contributed by atoms with E-state index in [4.69, 9.17) is 15.2 Å². The molecule has 5 nitrogen and oxygen atoms in total. The van der Waals surface area contributed by atoms with Gasteiger partial charge in [0.15, 0.2) is 11.5 Å². The van der Waals surface area contributed by atoms with E-state index in [1.165, 1.54) is 4.88 Å². The van der Waals surface area contributed by atoms with Crippen molar-refractivity contribution in [2.75, 3.05) is 13.7 Å². The van der Waals surface area contributed by atoms with E-state index in [1.54, 1.807) is 24.5 Å². The van der Waals surface area contributed by atoms with E-state index in [9.17, 15) is 4.79 Å².